The van der Waals surface area contributed by atoms with Gasteiger partial charge in [0.25, 0.3) is 5.91 Å². The lowest BCUT2D eigenvalue weighted by molar-refractivity contribution is 0.0945. The van der Waals surface area contributed by atoms with Crippen LogP contribution >= 0.6 is 15.9 Å². The monoisotopic (exact) mass is 274 g/mol. The zero-order valence-corrected chi connectivity index (χ0v) is 9.92. The predicted molar refractivity (Wildman–Crippen MR) is 59.5 cm³/mol. The number of rotatable bonds is 4. The number of carbonyl (C=O) groups is 1. The van der Waals surface area contributed by atoms with Crippen molar-refractivity contribution in [2.75, 3.05) is 11.9 Å². The number of pyridine rings is 1. The smallest absolute Gasteiger partial charge is 0.254 e. The number of aromatic nitrogens is 1. The first-order valence-corrected chi connectivity index (χ1v) is 5.71. The molecule has 0 spiro atoms. The molecule has 15 heavy (non-hydrogen) atoms. The molecular weight excluding hydrogens is 263 g/mol. The van der Waals surface area contributed by atoms with E-state index in [9.17, 15) is 9.18 Å². The average molecular weight is 275 g/mol. The Labute approximate surface area is 96.2 Å². The van der Waals surface area contributed by atoms with Crippen LogP contribution in [0.4, 0.5) is 4.39 Å². The molecule has 0 aliphatic heterocycles. The van der Waals surface area contributed by atoms with E-state index in [4.69, 9.17) is 0 Å². The number of nitrogens with zero attached hydrogens (tertiary/aromatic N) is 1. The highest BCUT2D eigenvalue weighted by Gasteiger charge is 2.11. The summed E-state index contributed by atoms with van der Waals surface area (Å²) in [5.74, 6) is -0.678. The number of amides is 1. The lowest BCUT2D eigenvalue weighted by Crippen LogP contribution is -2.29. The molecule has 0 saturated heterocycles. The van der Waals surface area contributed by atoms with Gasteiger partial charge in [0.2, 0.25) is 0 Å². The summed E-state index contributed by atoms with van der Waals surface area (Å²) in [6.07, 6.45) is 2.43. The summed E-state index contributed by atoms with van der Waals surface area (Å²) in [5.41, 5.74) is 0.0340. The molecule has 1 rings (SSSR count). The zero-order chi connectivity index (χ0) is 11.3. The number of hydrogen-bond acceptors (Lipinski definition) is 2. The molecule has 5 heteroatoms. The molecule has 3 nitrogen and oxygen atoms in total. The number of nitrogens with one attached hydrogen (secondary N) is 1. The summed E-state index contributed by atoms with van der Waals surface area (Å²) in [6, 6.07) is 1.36. The van der Waals surface area contributed by atoms with Gasteiger partial charge in [-0.25, -0.2) is 4.39 Å². The van der Waals surface area contributed by atoms with Crippen LogP contribution < -0.4 is 5.32 Å². The second-order valence-corrected chi connectivity index (χ2v) is 3.97. The van der Waals surface area contributed by atoms with Crippen LogP contribution in [0.25, 0.3) is 0 Å². The van der Waals surface area contributed by atoms with Crippen molar-refractivity contribution >= 4 is 21.8 Å². The first kappa shape index (κ1) is 12.1. The van der Waals surface area contributed by atoms with Crippen LogP contribution in [0.1, 0.15) is 17.3 Å². The summed E-state index contributed by atoms with van der Waals surface area (Å²) in [5, 5.41) is 3.45. The van der Waals surface area contributed by atoms with E-state index >= 15 is 0 Å². The van der Waals surface area contributed by atoms with Crippen LogP contribution in [0.2, 0.25) is 0 Å². The number of hydrogen-bond donors (Lipinski definition) is 1. The Morgan fingerprint density at radius 1 is 1.73 bits per heavy atom. The topological polar surface area (TPSA) is 42.0 Å². The van der Waals surface area contributed by atoms with Crippen molar-refractivity contribution in [2.24, 2.45) is 5.92 Å². The Balaban J connectivity index is 2.58. The van der Waals surface area contributed by atoms with E-state index in [1.54, 1.807) is 0 Å². The average Bonchev–Trinajstić information content (AvgIpc) is 2.26. The molecule has 0 bridgehead atoms. The minimum atomic E-state index is -0.596. The molecule has 0 aliphatic rings. The van der Waals surface area contributed by atoms with Gasteiger partial charge in [0, 0.05) is 18.1 Å². The molecule has 1 atom stereocenters. The molecule has 82 valence electrons. The summed E-state index contributed by atoms with van der Waals surface area (Å²) >= 11 is 3.30. The van der Waals surface area contributed by atoms with Gasteiger partial charge >= 0.3 is 0 Å². The molecule has 0 radical (unpaired) electrons. The maximum atomic E-state index is 13.1. The summed E-state index contributed by atoms with van der Waals surface area (Å²) in [7, 11) is 0. The van der Waals surface area contributed by atoms with Gasteiger partial charge in [-0.3, -0.25) is 9.78 Å². The van der Waals surface area contributed by atoms with Crippen molar-refractivity contribution in [3.8, 4) is 0 Å². The van der Waals surface area contributed by atoms with E-state index in [0.29, 0.717) is 12.5 Å². The Bertz CT molecular complexity index is 346. The molecule has 1 unspecified atom stereocenters. The van der Waals surface area contributed by atoms with Gasteiger partial charge in [-0.1, -0.05) is 22.9 Å². The van der Waals surface area contributed by atoms with E-state index < -0.39 is 11.7 Å². The van der Waals surface area contributed by atoms with E-state index in [-0.39, 0.29) is 5.56 Å². The second kappa shape index (κ2) is 5.80. The lowest BCUT2D eigenvalue weighted by atomic mass is 10.2. The van der Waals surface area contributed by atoms with Gasteiger partial charge in [0.05, 0.1) is 11.8 Å². The van der Waals surface area contributed by atoms with Crippen molar-refractivity contribution in [1.82, 2.24) is 10.3 Å². The van der Waals surface area contributed by atoms with E-state index in [1.807, 2.05) is 6.92 Å². The fourth-order valence-electron chi connectivity index (χ4n) is 0.976. The Morgan fingerprint density at radius 2 is 2.47 bits per heavy atom. The number of alkyl halides is 1. The van der Waals surface area contributed by atoms with Gasteiger partial charge in [0.15, 0.2) is 5.82 Å². The maximum absolute atomic E-state index is 13.1. The Morgan fingerprint density at radius 3 is 3.07 bits per heavy atom. The summed E-state index contributed by atoms with van der Waals surface area (Å²) in [6.45, 7) is 2.50. The maximum Gasteiger partial charge on any atom is 0.254 e. The largest absolute Gasteiger partial charge is 0.352 e. The normalized spacial score (nSPS) is 12.2. The minimum absolute atomic E-state index is 0.0340. The number of halogens is 2. The van der Waals surface area contributed by atoms with Crippen molar-refractivity contribution in [2.45, 2.75) is 6.92 Å². The van der Waals surface area contributed by atoms with Crippen LogP contribution in [0.5, 0.6) is 0 Å². The molecule has 0 aliphatic carbocycles. The molecule has 1 aromatic heterocycles. The highest BCUT2D eigenvalue weighted by atomic mass is 79.9. The SMILES string of the molecule is CC(CBr)CNC(=O)c1ccncc1F. The third-order valence-corrected chi connectivity index (χ3v) is 3.00. The first-order chi connectivity index (χ1) is 7.15. The van der Waals surface area contributed by atoms with Crippen molar-refractivity contribution in [3.05, 3.63) is 29.8 Å². The molecule has 1 amide bonds. The Hall–Kier alpha value is -0.970. The van der Waals surface area contributed by atoms with Crippen molar-refractivity contribution in [1.29, 1.82) is 0 Å². The van der Waals surface area contributed by atoms with Gasteiger partial charge in [-0.05, 0) is 12.0 Å². The molecule has 0 saturated carbocycles. The molecule has 1 heterocycles. The van der Waals surface area contributed by atoms with E-state index in [0.717, 1.165) is 11.5 Å². The van der Waals surface area contributed by atoms with Crippen LogP contribution in [0.15, 0.2) is 18.5 Å². The lowest BCUT2D eigenvalue weighted by Gasteiger charge is -2.09. The number of carbonyl (C=O) groups excluding carboxylic acids is 1. The molecule has 1 N–H and O–H groups in total. The Kier molecular flexibility index (Phi) is 4.68. The summed E-state index contributed by atoms with van der Waals surface area (Å²) in [4.78, 5) is 15.1. The zero-order valence-electron chi connectivity index (χ0n) is 8.34. The van der Waals surface area contributed by atoms with Gasteiger partial charge in [0.1, 0.15) is 0 Å². The van der Waals surface area contributed by atoms with Crippen LogP contribution in [-0.4, -0.2) is 22.8 Å². The highest BCUT2D eigenvalue weighted by molar-refractivity contribution is 9.09. The first-order valence-electron chi connectivity index (χ1n) is 4.58. The van der Waals surface area contributed by atoms with Crippen LogP contribution in [0.3, 0.4) is 0 Å². The predicted octanol–water partition coefficient (Wildman–Crippen LogP) is 1.98. The molecule has 0 fully saturated rings. The third-order valence-electron chi connectivity index (χ3n) is 1.89. The minimum Gasteiger partial charge on any atom is -0.352 e. The van der Waals surface area contributed by atoms with Crippen LogP contribution in [-0.2, 0) is 0 Å². The molecule has 1 aromatic rings. The fourth-order valence-corrected chi connectivity index (χ4v) is 1.20. The van der Waals surface area contributed by atoms with E-state index in [2.05, 4.69) is 26.2 Å². The van der Waals surface area contributed by atoms with Crippen molar-refractivity contribution < 1.29 is 9.18 Å². The highest BCUT2D eigenvalue weighted by Crippen LogP contribution is 2.04. The molecule has 0 aromatic carbocycles. The van der Waals surface area contributed by atoms with E-state index in [1.165, 1.54) is 12.3 Å². The standard InChI is InChI=1S/C10H12BrFN2O/c1-7(4-11)5-14-10(15)8-2-3-13-6-9(8)12/h2-3,6-7H,4-5H2,1H3,(H,14,15). The molecular formula is C10H12BrFN2O. The summed E-state index contributed by atoms with van der Waals surface area (Å²) < 4.78 is 13.1. The third kappa shape index (κ3) is 3.58. The quantitative estimate of drug-likeness (QED) is 0.854. The second-order valence-electron chi connectivity index (χ2n) is 3.33. The fraction of sp³-hybridized carbons (Fsp3) is 0.400. The van der Waals surface area contributed by atoms with Crippen molar-refractivity contribution in [3.63, 3.8) is 0 Å². The van der Waals surface area contributed by atoms with Crippen LogP contribution in [0, 0.1) is 11.7 Å². The van der Waals surface area contributed by atoms with Gasteiger partial charge < -0.3 is 5.32 Å². The van der Waals surface area contributed by atoms with Gasteiger partial charge in [-0.2, -0.15) is 0 Å². The van der Waals surface area contributed by atoms with Gasteiger partial charge in [-0.15, -0.1) is 0 Å².